The van der Waals surface area contributed by atoms with Gasteiger partial charge in [0.05, 0.1) is 24.7 Å². The molecule has 168 valence electrons. The third-order valence-electron chi connectivity index (χ3n) is 4.69. The molecule has 2 rings (SSSR count). The molecule has 2 aromatic carbocycles. The van der Waals surface area contributed by atoms with Crippen LogP contribution in [0.2, 0.25) is 0 Å². The van der Waals surface area contributed by atoms with E-state index in [1.807, 2.05) is 12.1 Å². The topological polar surface area (TPSA) is 103 Å². The molecular weight excluding hydrogens is 402 g/mol. The van der Waals surface area contributed by atoms with Gasteiger partial charge in [-0.1, -0.05) is 0 Å². The zero-order chi connectivity index (χ0) is 23.0. The summed E-state index contributed by atoms with van der Waals surface area (Å²) in [6.07, 6.45) is 0. The molecule has 0 aliphatic heterocycles. The minimum absolute atomic E-state index is 0.123. The van der Waals surface area contributed by atoms with E-state index in [-0.39, 0.29) is 29.4 Å². The highest BCUT2D eigenvalue weighted by Gasteiger charge is 2.25. The SMILES string of the molecule is CCN(c1ccc(NC(=O)c2cc(OC)c(OCCOC)cc2[N+](=O)[O-])cc1)C(C)C. The second-order valence-corrected chi connectivity index (χ2v) is 7.00. The largest absolute Gasteiger partial charge is 0.493 e. The number of nitro benzene ring substituents is 1. The van der Waals surface area contributed by atoms with Crippen LogP contribution in [0.1, 0.15) is 31.1 Å². The van der Waals surface area contributed by atoms with Gasteiger partial charge in [0.15, 0.2) is 11.5 Å². The van der Waals surface area contributed by atoms with Crippen molar-refractivity contribution in [1.82, 2.24) is 0 Å². The van der Waals surface area contributed by atoms with Crippen LogP contribution < -0.4 is 19.7 Å². The summed E-state index contributed by atoms with van der Waals surface area (Å²) in [5.41, 5.74) is 1.06. The summed E-state index contributed by atoms with van der Waals surface area (Å²) in [4.78, 5) is 26.0. The highest BCUT2D eigenvalue weighted by Crippen LogP contribution is 2.35. The maximum atomic E-state index is 12.8. The van der Waals surface area contributed by atoms with Crippen LogP contribution in [0.4, 0.5) is 17.1 Å². The minimum Gasteiger partial charge on any atom is -0.493 e. The lowest BCUT2D eigenvalue weighted by Gasteiger charge is -2.27. The lowest BCUT2D eigenvalue weighted by Crippen LogP contribution is -2.30. The van der Waals surface area contributed by atoms with Gasteiger partial charge in [-0.15, -0.1) is 0 Å². The molecule has 0 heterocycles. The van der Waals surface area contributed by atoms with Crippen molar-refractivity contribution in [2.24, 2.45) is 0 Å². The summed E-state index contributed by atoms with van der Waals surface area (Å²) in [5.74, 6) is -0.226. The first-order chi connectivity index (χ1) is 14.8. The molecule has 9 heteroatoms. The van der Waals surface area contributed by atoms with E-state index in [9.17, 15) is 14.9 Å². The van der Waals surface area contributed by atoms with Gasteiger partial charge in [0.25, 0.3) is 11.6 Å². The van der Waals surface area contributed by atoms with Gasteiger partial charge >= 0.3 is 0 Å². The molecule has 0 aromatic heterocycles. The summed E-state index contributed by atoms with van der Waals surface area (Å²) in [7, 11) is 2.92. The number of anilines is 2. The second kappa shape index (κ2) is 11.2. The van der Waals surface area contributed by atoms with Crippen molar-refractivity contribution < 1.29 is 23.9 Å². The average molecular weight is 431 g/mol. The number of hydrogen-bond acceptors (Lipinski definition) is 7. The molecule has 0 bridgehead atoms. The fourth-order valence-corrected chi connectivity index (χ4v) is 3.17. The van der Waals surface area contributed by atoms with E-state index in [1.54, 1.807) is 12.1 Å². The fraction of sp³-hybridized carbons (Fsp3) is 0.409. The van der Waals surface area contributed by atoms with Crippen LogP contribution in [0.5, 0.6) is 11.5 Å². The predicted molar refractivity (Wildman–Crippen MR) is 120 cm³/mol. The van der Waals surface area contributed by atoms with Crippen molar-refractivity contribution in [3.8, 4) is 11.5 Å². The maximum Gasteiger partial charge on any atom is 0.286 e. The molecule has 0 radical (unpaired) electrons. The Morgan fingerprint density at radius 2 is 1.81 bits per heavy atom. The first kappa shape index (κ1) is 23.9. The highest BCUT2D eigenvalue weighted by atomic mass is 16.6. The number of methoxy groups -OCH3 is 2. The van der Waals surface area contributed by atoms with Crippen molar-refractivity contribution in [3.05, 3.63) is 52.1 Å². The van der Waals surface area contributed by atoms with Gasteiger partial charge in [0.2, 0.25) is 0 Å². The van der Waals surface area contributed by atoms with E-state index in [0.29, 0.717) is 18.3 Å². The average Bonchev–Trinajstić information content (AvgIpc) is 2.74. The third kappa shape index (κ3) is 6.08. The Bertz CT molecular complexity index is 899. The number of rotatable bonds is 11. The van der Waals surface area contributed by atoms with Crippen LogP contribution in [-0.4, -0.2) is 50.9 Å². The number of amides is 1. The molecule has 0 saturated carbocycles. The molecule has 0 aliphatic rings. The van der Waals surface area contributed by atoms with E-state index in [4.69, 9.17) is 14.2 Å². The molecular formula is C22H29N3O6. The van der Waals surface area contributed by atoms with Gasteiger partial charge in [-0.05, 0) is 45.0 Å². The van der Waals surface area contributed by atoms with E-state index >= 15 is 0 Å². The standard InChI is InChI=1S/C22H29N3O6/c1-6-24(15(2)3)17-9-7-16(8-10-17)23-22(26)18-13-20(30-5)21(31-12-11-29-4)14-19(18)25(27)28/h7-10,13-15H,6,11-12H2,1-5H3,(H,23,26). The highest BCUT2D eigenvalue weighted by molar-refractivity contribution is 6.07. The molecule has 2 aromatic rings. The Labute approximate surface area is 182 Å². The predicted octanol–water partition coefficient (Wildman–Crippen LogP) is 4.12. The number of carbonyl (C=O) groups excluding carboxylic acids is 1. The summed E-state index contributed by atoms with van der Waals surface area (Å²) in [6.45, 7) is 7.64. The van der Waals surface area contributed by atoms with E-state index in [1.165, 1.54) is 26.4 Å². The van der Waals surface area contributed by atoms with E-state index < -0.39 is 10.8 Å². The smallest absolute Gasteiger partial charge is 0.286 e. The van der Waals surface area contributed by atoms with Crippen molar-refractivity contribution >= 4 is 23.0 Å². The number of nitrogens with one attached hydrogen (secondary N) is 1. The number of hydrogen-bond donors (Lipinski definition) is 1. The summed E-state index contributed by atoms with van der Waals surface area (Å²) in [5, 5.41) is 14.3. The normalized spacial score (nSPS) is 10.6. The molecule has 0 fully saturated rings. The van der Waals surface area contributed by atoms with Crippen molar-refractivity contribution in [2.45, 2.75) is 26.8 Å². The number of nitrogens with zero attached hydrogens (tertiary/aromatic N) is 2. The Kier molecular flexibility index (Phi) is 8.63. The zero-order valence-corrected chi connectivity index (χ0v) is 18.5. The first-order valence-corrected chi connectivity index (χ1v) is 9.98. The Hall–Kier alpha value is -3.33. The van der Waals surface area contributed by atoms with E-state index in [2.05, 4.69) is 31.0 Å². The Balaban J connectivity index is 2.28. The van der Waals surface area contributed by atoms with Crippen molar-refractivity contribution in [1.29, 1.82) is 0 Å². The molecule has 0 unspecified atom stereocenters. The Morgan fingerprint density at radius 3 is 2.32 bits per heavy atom. The number of benzene rings is 2. The first-order valence-electron chi connectivity index (χ1n) is 9.98. The monoisotopic (exact) mass is 431 g/mol. The lowest BCUT2D eigenvalue weighted by atomic mass is 10.1. The van der Waals surface area contributed by atoms with Gasteiger partial charge in [-0.25, -0.2) is 0 Å². The molecule has 0 atom stereocenters. The number of carbonyl (C=O) groups is 1. The van der Waals surface area contributed by atoms with E-state index in [0.717, 1.165) is 12.2 Å². The lowest BCUT2D eigenvalue weighted by molar-refractivity contribution is -0.385. The van der Waals surface area contributed by atoms with Crippen LogP contribution in [0.15, 0.2) is 36.4 Å². The zero-order valence-electron chi connectivity index (χ0n) is 18.5. The Morgan fingerprint density at radius 1 is 1.13 bits per heavy atom. The minimum atomic E-state index is -0.623. The van der Waals surface area contributed by atoms with Crippen molar-refractivity contribution in [3.63, 3.8) is 0 Å². The van der Waals surface area contributed by atoms with Gasteiger partial charge < -0.3 is 24.4 Å². The second-order valence-electron chi connectivity index (χ2n) is 7.00. The molecule has 31 heavy (non-hydrogen) atoms. The van der Waals surface area contributed by atoms with Crippen molar-refractivity contribution in [2.75, 3.05) is 44.2 Å². The molecule has 1 N–H and O–H groups in total. The van der Waals surface area contributed by atoms with Gasteiger partial charge in [-0.3, -0.25) is 14.9 Å². The summed E-state index contributed by atoms with van der Waals surface area (Å²) >= 11 is 0. The molecule has 0 spiro atoms. The summed E-state index contributed by atoms with van der Waals surface area (Å²) in [6, 6.07) is 10.2. The van der Waals surface area contributed by atoms with Gasteiger partial charge in [-0.2, -0.15) is 0 Å². The van der Waals surface area contributed by atoms with Crippen LogP contribution in [0.3, 0.4) is 0 Å². The fourth-order valence-electron chi connectivity index (χ4n) is 3.17. The molecule has 1 amide bonds. The third-order valence-corrected chi connectivity index (χ3v) is 4.69. The molecule has 0 saturated heterocycles. The molecule has 0 aliphatic carbocycles. The van der Waals surface area contributed by atoms with Crippen LogP contribution in [-0.2, 0) is 4.74 Å². The van der Waals surface area contributed by atoms with Gasteiger partial charge in [0.1, 0.15) is 12.2 Å². The van der Waals surface area contributed by atoms with Crippen LogP contribution >= 0.6 is 0 Å². The van der Waals surface area contributed by atoms with Crippen LogP contribution in [0, 0.1) is 10.1 Å². The number of nitro groups is 1. The van der Waals surface area contributed by atoms with Gasteiger partial charge in [0, 0.05) is 37.1 Å². The quantitative estimate of drug-likeness (QED) is 0.324. The summed E-state index contributed by atoms with van der Waals surface area (Å²) < 4.78 is 15.7. The number of ether oxygens (including phenoxy) is 3. The maximum absolute atomic E-state index is 12.8. The van der Waals surface area contributed by atoms with Crippen LogP contribution in [0.25, 0.3) is 0 Å². The molecule has 9 nitrogen and oxygen atoms in total.